The predicted octanol–water partition coefficient (Wildman–Crippen LogP) is 3.28. The van der Waals surface area contributed by atoms with E-state index in [2.05, 4.69) is 37.7 Å². The second-order valence-corrected chi connectivity index (χ2v) is 7.99. The molecule has 0 amide bonds. The van der Waals surface area contributed by atoms with Crippen LogP contribution < -0.4 is 21.8 Å². The van der Waals surface area contributed by atoms with Crippen LogP contribution in [0.2, 0.25) is 10.0 Å². The van der Waals surface area contributed by atoms with Gasteiger partial charge in [-0.1, -0.05) is 35.3 Å². The molecular formula is C21H17Cl2N7O. The second kappa shape index (κ2) is 7.81. The Morgan fingerprint density at radius 1 is 1.13 bits per heavy atom. The van der Waals surface area contributed by atoms with Gasteiger partial charge in [0, 0.05) is 18.4 Å². The number of nitrogens with one attached hydrogen (secondary N) is 4. The molecule has 0 aliphatic carbocycles. The molecular weight excluding hydrogens is 437 g/mol. The molecule has 0 saturated heterocycles. The molecule has 4 aromatic rings. The van der Waals surface area contributed by atoms with Crippen molar-refractivity contribution in [3.8, 4) is 5.69 Å². The van der Waals surface area contributed by atoms with Gasteiger partial charge in [0.25, 0.3) is 0 Å². The van der Waals surface area contributed by atoms with Gasteiger partial charge in [-0.25, -0.2) is 14.3 Å². The number of halogens is 2. The number of aromatic amines is 1. The van der Waals surface area contributed by atoms with Crippen molar-refractivity contribution in [1.29, 1.82) is 5.41 Å². The summed E-state index contributed by atoms with van der Waals surface area (Å²) in [4.78, 5) is 24.2. The Morgan fingerprint density at radius 3 is 2.74 bits per heavy atom. The number of H-pyrrole nitrogens is 1. The first-order chi connectivity index (χ1) is 15.0. The largest absolute Gasteiger partial charge is 0.333 e. The molecule has 0 atom stereocenters. The van der Waals surface area contributed by atoms with Gasteiger partial charge >= 0.3 is 5.69 Å². The van der Waals surface area contributed by atoms with Crippen molar-refractivity contribution in [2.75, 3.05) is 11.9 Å². The highest BCUT2D eigenvalue weighted by molar-refractivity contribution is 6.37. The van der Waals surface area contributed by atoms with E-state index in [1.165, 1.54) is 17.3 Å². The van der Waals surface area contributed by atoms with Gasteiger partial charge in [-0.2, -0.15) is 4.98 Å². The maximum atomic E-state index is 12.8. The van der Waals surface area contributed by atoms with Gasteiger partial charge in [0.15, 0.2) is 5.65 Å². The fourth-order valence-electron chi connectivity index (χ4n) is 3.69. The molecule has 0 unspecified atom stereocenters. The first-order valence-corrected chi connectivity index (χ1v) is 10.4. The van der Waals surface area contributed by atoms with Crippen molar-refractivity contribution >= 4 is 45.9 Å². The molecule has 0 radical (unpaired) electrons. The van der Waals surface area contributed by atoms with Crippen LogP contribution in [-0.2, 0) is 13.0 Å². The Balaban J connectivity index is 1.56. The van der Waals surface area contributed by atoms with Gasteiger partial charge in [-0.15, -0.1) is 0 Å². The van der Waals surface area contributed by atoms with Crippen LogP contribution in [0.1, 0.15) is 11.1 Å². The number of hydrogen-bond acceptors (Lipinski definition) is 6. The topological polar surface area (TPSA) is 111 Å². The molecule has 1 aliphatic rings. The van der Waals surface area contributed by atoms with Crippen LogP contribution in [0.3, 0.4) is 0 Å². The van der Waals surface area contributed by atoms with E-state index in [0.29, 0.717) is 11.3 Å². The minimum absolute atomic E-state index is 0.110. The molecule has 0 saturated carbocycles. The predicted molar refractivity (Wildman–Crippen MR) is 120 cm³/mol. The van der Waals surface area contributed by atoms with E-state index in [4.69, 9.17) is 28.6 Å². The third kappa shape index (κ3) is 3.59. The zero-order valence-electron chi connectivity index (χ0n) is 16.2. The van der Waals surface area contributed by atoms with Crippen LogP contribution in [0.25, 0.3) is 16.7 Å². The third-order valence-corrected chi connectivity index (χ3v) is 5.82. The normalized spacial score (nSPS) is 13.2. The van der Waals surface area contributed by atoms with Crippen LogP contribution in [0, 0.1) is 5.41 Å². The minimum atomic E-state index is -0.571. The zero-order chi connectivity index (χ0) is 21.5. The molecule has 156 valence electrons. The summed E-state index contributed by atoms with van der Waals surface area (Å²) in [5, 5.41) is 15.9. The Morgan fingerprint density at radius 2 is 1.94 bits per heavy atom. The van der Waals surface area contributed by atoms with E-state index < -0.39 is 5.69 Å². The number of anilines is 2. The van der Waals surface area contributed by atoms with E-state index in [1.807, 2.05) is 6.07 Å². The van der Waals surface area contributed by atoms with E-state index in [-0.39, 0.29) is 26.9 Å². The zero-order valence-corrected chi connectivity index (χ0v) is 17.7. The van der Waals surface area contributed by atoms with Gasteiger partial charge < -0.3 is 10.6 Å². The standard InChI is InChI=1S/C21H17Cl2N7O/c22-15-2-1-3-16(23)17(15)30-18(24)14-10-26-20(28-19(14)29-21(30)31)27-13-5-4-12-9-25-7-6-11(12)8-13/h1-5,8,10,24-25H,6-7,9H2,(H2,26,27,28,29,31). The van der Waals surface area contributed by atoms with Gasteiger partial charge in [-0.05, 0) is 48.4 Å². The summed E-state index contributed by atoms with van der Waals surface area (Å²) in [6.07, 6.45) is 2.45. The number of nitrogens with zero attached hydrogens (tertiary/aromatic N) is 3. The molecule has 0 spiro atoms. The van der Waals surface area contributed by atoms with Crippen molar-refractivity contribution in [3.63, 3.8) is 0 Å². The number of aromatic nitrogens is 4. The van der Waals surface area contributed by atoms with Gasteiger partial charge in [0.2, 0.25) is 5.95 Å². The van der Waals surface area contributed by atoms with Crippen molar-refractivity contribution in [3.05, 3.63) is 79.7 Å². The first kappa shape index (κ1) is 19.7. The van der Waals surface area contributed by atoms with Crippen LogP contribution in [0.15, 0.2) is 47.4 Å². The summed E-state index contributed by atoms with van der Waals surface area (Å²) in [6, 6.07) is 11.0. The summed E-state index contributed by atoms with van der Waals surface area (Å²) >= 11 is 12.5. The van der Waals surface area contributed by atoms with Crippen LogP contribution in [-0.4, -0.2) is 26.1 Å². The Labute approximate surface area is 186 Å². The molecule has 0 bridgehead atoms. The van der Waals surface area contributed by atoms with Crippen LogP contribution >= 0.6 is 23.2 Å². The average Bonchev–Trinajstić information content (AvgIpc) is 2.75. The monoisotopic (exact) mass is 453 g/mol. The highest BCUT2D eigenvalue weighted by atomic mass is 35.5. The Hall–Kier alpha value is -3.20. The lowest BCUT2D eigenvalue weighted by molar-refractivity contribution is 0.644. The summed E-state index contributed by atoms with van der Waals surface area (Å²) in [5.74, 6) is 0.324. The quantitative estimate of drug-likeness (QED) is 0.380. The summed E-state index contributed by atoms with van der Waals surface area (Å²) < 4.78 is 1.11. The van der Waals surface area contributed by atoms with Crippen molar-refractivity contribution in [2.45, 2.75) is 13.0 Å². The number of para-hydroxylation sites is 1. The van der Waals surface area contributed by atoms with Crippen molar-refractivity contribution < 1.29 is 0 Å². The fourth-order valence-corrected chi connectivity index (χ4v) is 4.26. The smallest absolute Gasteiger partial charge is 0.324 e. The van der Waals surface area contributed by atoms with Crippen molar-refractivity contribution in [2.24, 2.45) is 0 Å². The molecule has 31 heavy (non-hydrogen) atoms. The first-order valence-electron chi connectivity index (χ1n) is 9.62. The maximum Gasteiger partial charge on any atom is 0.333 e. The molecule has 2 aromatic heterocycles. The van der Waals surface area contributed by atoms with E-state index in [1.54, 1.807) is 18.2 Å². The highest BCUT2D eigenvalue weighted by Crippen LogP contribution is 2.26. The molecule has 0 fully saturated rings. The molecule has 2 aromatic carbocycles. The lowest BCUT2D eigenvalue weighted by Gasteiger charge is -2.18. The van der Waals surface area contributed by atoms with Gasteiger partial charge in [0.05, 0.1) is 21.1 Å². The molecule has 1 aliphatic heterocycles. The van der Waals surface area contributed by atoms with E-state index >= 15 is 0 Å². The Kier molecular flexibility index (Phi) is 4.97. The summed E-state index contributed by atoms with van der Waals surface area (Å²) in [7, 11) is 0. The summed E-state index contributed by atoms with van der Waals surface area (Å²) in [5.41, 5.74) is 3.23. The molecule has 4 N–H and O–H groups in total. The van der Waals surface area contributed by atoms with Crippen LogP contribution in [0.5, 0.6) is 0 Å². The van der Waals surface area contributed by atoms with Gasteiger partial charge in [-0.3, -0.25) is 10.4 Å². The Bertz CT molecular complexity index is 1420. The molecule has 5 rings (SSSR count). The number of rotatable bonds is 3. The fraction of sp³-hybridized carbons (Fsp3) is 0.143. The lowest BCUT2D eigenvalue weighted by Crippen LogP contribution is -2.34. The maximum absolute atomic E-state index is 12.8. The average molecular weight is 454 g/mol. The third-order valence-electron chi connectivity index (χ3n) is 5.21. The number of fused-ring (bicyclic) bond motifs is 2. The highest BCUT2D eigenvalue weighted by Gasteiger charge is 2.15. The van der Waals surface area contributed by atoms with E-state index in [9.17, 15) is 4.79 Å². The SMILES string of the molecule is N=c1c2cnc(Nc3ccc4c(c3)CCNC4)nc2[nH]c(=O)n1-c1c(Cl)cccc1Cl. The van der Waals surface area contributed by atoms with Crippen molar-refractivity contribution in [1.82, 2.24) is 24.8 Å². The molecule has 3 heterocycles. The number of hydrogen-bond donors (Lipinski definition) is 4. The number of benzene rings is 2. The molecule has 8 nitrogen and oxygen atoms in total. The minimum Gasteiger partial charge on any atom is -0.324 e. The molecule has 10 heteroatoms. The van der Waals surface area contributed by atoms with Gasteiger partial charge in [0.1, 0.15) is 5.49 Å². The van der Waals surface area contributed by atoms with E-state index in [0.717, 1.165) is 29.8 Å². The van der Waals surface area contributed by atoms with Crippen LogP contribution in [0.4, 0.5) is 11.6 Å². The second-order valence-electron chi connectivity index (χ2n) is 7.18. The lowest BCUT2D eigenvalue weighted by atomic mass is 10.0. The summed E-state index contributed by atoms with van der Waals surface area (Å²) in [6.45, 7) is 1.82.